The Bertz CT molecular complexity index is 979. The number of phenolic OH excluding ortho intramolecular Hbond substituents is 2. The third-order valence-electron chi connectivity index (χ3n) is 5.07. The van der Waals surface area contributed by atoms with Crippen LogP contribution >= 0.6 is 0 Å². The van der Waals surface area contributed by atoms with Crippen LogP contribution in [-0.4, -0.2) is 55.0 Å². The fourth-order valence-corrected chi connectivity index (χ4v) is 3.54. The number of phenols is 2. The molecule has 0 atom stereocenters. The third kappa shape index (κ3) is 3.75. The summed E-state index contributed by atoms with van der Waals surface area (Å²) in [6.45, 7) is 1.47. The SMILES string of the molecule is Cc1nc(-c2cc(O)c(O)c([N+](=O)[O-])c2C(=O)C(=O)N(C)C2CCCCC2)no1. The van der Waals surface area contributed by atoms with Crippen LogP contribution in [0.4, 0.5) is 5.69 Å². The van der Waals surface area contributed by atoms with Gasteiger partial charge in [0.15, 0.2) is 5.75 Å². The first kappa shape index (κ1) is 20.2. The first-order valence-electron chi connectivity index (χ1n) is 9.07. The lowest BCUT2D eigenvalue weighted by Crippen LogP contribution is -2.42. The zero-order valence-electron chi connectivity index (χ0n) is 15.9. The van der Waals surface area contributed by atoms with E-state index in [1.165, 1.54) is 18.9 Å². The van der Waals surface area contributed by atoms with E-state index in [1.807, 2.05) is 0 Å². The van der Waals surface area contributed by atoms with E-state index in [-0.39, 0.29) is 23.3 Å². The topological polar surface area (TPSA) is 160 Å². The minimum Gasteiger partial charge on any atom is -0.504 e. The monoisotopic (exact) mass is 404 g/mol. The number of likely N-dealkylation sites (N-methyl/N-ethyl adjacent to an activating group) is 1. The van der Waals surface area contributed by atoms with Gasteiger partial charge >= 0.3 is 5.69 Å². The highest BCUT2D eigenvalue weighted by atomic mass is 16.6. The van der Waals surface area contributed by atoms with Gasteiger partial charge in [0.05, 0.1) is 4.92 Å². The van der Waals surface area contributed by atoms with Crippen LogP contribution in [0.5, 0.6) is 11.5 Å². The summed E-state index contributed by atoms with van der Waals surface area (Å²) in [7, 11) is 1.47. The summed E-state index contributed by atoms with van der Waals surface area (Å²) in [5.41, 5.74) is -2.06. The number of amides is 1. The van der Waals surface area contributed by atoms with Crippen molar-refractivity contribution in [2.45, 2.75) is 45.1 Å². The number of Topliss-reactive ketones (excluding diaryl/α,β-unsaturated/α-hetero) is 1. The number of aromatic hydroxyl groups is 2. The Morgan fingerprint density at radius 1 is 1.28 bits per heavy atom. The summed E-state index contributed by atoms with van der Waals surface area (Å²) >= 11 is 0. The fourth-order valence-electron chi connectivity index (χ4n) is 3.54. The average molecular weight is 404 g/mol. The summed E-state index contributed by atoms with van der Waals surface area (Å²) in [6, 6.07) is 0.745. The van der Waals surface area contributed by atoms with Gasteiger partial charge in [-0.25, -0.2) is 0 Å². The molecule has 29 heavy (non-hydrogen) atoms. The van der Waals surface area contributed by atoms with Crippen LogP contribution < -0.4 is 0 Å². The second-order valence-corrected chi connectivity index (χ2v) is 6.95. The molecule has 11 heteroatoms. The third-order valence-corrected chi connectivity index (χ3v) is 5.07. The van der Waals surface area contributed by atoms with Gasteiger partial charge in [-0.2, -0.15) is 4.98 Å². The molecule has 0 radical (unpaired) electrons. The van der Waals surface area contributed by atoms with Crippen LogP contribution in [0.25, 0.3) is 11.4 Å². The number of nitro benzene ring substituents is 1. The molecule has 1 aliphatic carbocycles. The van der Waals surface area contributed by atoms with Gasteiger partial charge in [-0.1, -0.05) is 24.4 Å². The van der Waals surface area contributed by atoms with Crippen LogP contribution in [0.15, 0.2) is 10.6 Å². The summed E-state index contributed by atoms with van der Waals surface area (Å²) in [5, 5.41) is 35.1. The number of nitro groups is 1. The molecular formula is C18H20N4O7. The van der Waals surface area contributed by atoms with E-state index in [0.717, 1.165) is 38.2 Å². The van der Waals surface area contributed by atoms with E-state index in [1.54, 1.807) is 0 Å². The van der Waals surface area contributed by atoms with E-state index < -0.39 is 39.4 Å². The fraction of sp³-hybridized carbons (Fsp3) is 0.444. The number of benzene rings is 1. The smallest absolute Gasteiger partial charge is 0.326 e. The molecule has 1 heterocycles. The van der Waals surface area contributed by atoms with Crippen molar-refractivity contribution in [3.05, 3.63) is 27.6 Å². The molecule has 11 nitrogen and oxygen atoms in total. The molecule has 3 rings (SSSR count). The lowest BCUT2D eigenvalue weighted by atomic mass is 9.93. The lowest BCUT2D eigenvalue weighted by Gasteiger charge is -2.30. The molecule has 1 saturated carbocycles. The lowest BCUT2D eigenvalue weighted by molar-refractivity contribution is -0.386. The highest BCUT2D eigenvalue weighted by molar-refractivity contribution is 6.45. The number of carbonyl (C=O) groups excluding carboxylic acids is 2. The van der Waals surface area contributed by atoms with Crippen LogP contribution in [0.1, 0.15) is 48.4 Å². The van der Waals surface area contributed by atoms with E-state index in [0.29, 0.717) is 0 Å². The summed E-state index contributed by atoms with van der Waals surface area (Å²) < 4.78 is 4.85. The van der Waals surface area contributed by atoms with Gasteiger partial charge < -0.3 is 19.6 Å². The molecule has 1 aromatic carbocycles. The number of hydrogen-bond acceptors (Lipinski definition) is 9. The Kier molecular flexibility index (Phi) is 5.48. The molecular weight excluding hydrogens is 384 g/mol. The number of carbonyl (C=O) groups is 2. The minimum absolute atomic E-state index is 0.110. The van der Waals surface area contributed by atoms with Crippen LogP contribution in [0.3, 0.4) is 0 Å². The summed E-state index contributed by atoms with van der Waals surface area (Å²) in [5.74, 6) is -4.23. The number of aryl methyl sites for hydroxylation is 1. The molecule has 1 aromatic heterocycles. The van der Waals surface area contributed by atoms with Gasteiger partial charge in [0, 0.05) is 25.6 Å². The molecule has 1 fully saturated rings. The van der Waals surface area contributed by atoms with Crippen molar-refractivity contribution in [2.24, 2.45) is 0 Å². The van der Waals surface area contributed by atoms with Crippen molar-refractivity contribution in [3.8, 4) is 22.9 Å². The Labute approximate surface area is 165 Å². The molecule has 0 unspecified atom stereocenters. The molecule has 0 bridgehead atoms. The first-order valence-corrected chi connectivity index (χ1v) is 9.07. The molecule has 0 aliphatic heterocycles. The van der Waals surface area contributed by atoms with Crippen molar-refractivity contribution in [3.63, 3.8) is 0 Å². The minimum atomic E-state index is -1.20. The maximum absolute atomic E-state index is 13.0. The second-order valence-electron chi connectivity index (χ2n) is 6.95. The highest BCUT2D eigenvalue weighted by Crippen LogP contribution is 2.43. The van der Waals surface area contributed by atoms with E-state index in [4.69, 9.17) is 4.52 Å². The largest absolute Gasteiger partial charge is 0.504 e. The number of ketones is 1. The zero-order chi connectivity index (χ0) is 21.3. The molecule has 0 saturated heterocycles. The maximum atomic E-state index is 13.0. The molecule has 1 amide bonds. The number of aromatic nitrogens is 2. The van der Waals surface area contributed by atoms with Gasteiger partial charge in [-0.05, 0) is 18.9 Å². The predicted octanol–water partition coefficient (Wildman–Crippen LogP) is 2.34. The molecule has 1 aliphatic rings. The van der Waals surface area contributed by atoms with Gasteiger partial charge in [-0.15, -0.1) is 0 Å². The Balaban J connectivity index is 2.12. The predicted molar refractivity (Wildman–Crippen MR) is 98.4 cm³/mol. The number of nitrogens with zero attached hydrogens (tertiary/aromatic N) is 4. The van der Waals surface area contributed by atoms with Crippen molar-refractivity contribution in [1.82, 2.24) is 15.0 Å². The van der Waals surface area contributed by atoms with E-state index in [2.05, 4.69) is 10.1 Å². The quantitative estimate of drug-likeness (QED) is 0.250. The normalized spacial score (nSPS) is 14.6. The van der Waals surface area contributed by atoms with Crippen LogP contribution in [0.2, 0.25) is 0 Å². The Morgan fingerprint density at radius 2 is 1.93 bits per heavy atom. The van der Waals surface area contributed by atoms with Gasteiger partial charge in [-0.3, -0.25) is 19.7 Å². The van der Waals surface area contributed by atoms with Gasteiger partial charge in [0.2, 0.25) is 17.5 Å². The van der Waals surface area contributed by atoms with Crippen molar-refractivity contribution in [2.75, 3.05) is 7.05 Å². The second kappa shape index (κ2) is 7.86. The first-order chi connectivity index (χ1) is 13.7. The maximum Gasteiger partial charge on any atom is 0.326 e. The Morgan fingerprint density at radius 3 is 2.48 bits per heavy atom. The standard InChI is InChI=1S/C18H20N4O7/c1-9-19-17(20-29-9)11-8-12(23)15(24)14(22(27)28)13(11)16(25)18(26)21(2)10-6-4-3-5-7-10/h8,10,23-24H,3-7H2,1-2H3. The van der Waals surface area contributed by atoms with E-state index in [9.17, 15) is 29.9 Å². The van der Waals surface area contributed by atoms with Crippen LogP contribution in [0, 0.1) is 17.0 Å². The zero-order valence-corrected chi connectivity index (χ0v) is 15.9. The average Bonchev–Trinajstić information content (AvgIpc) is 3.14. The molecule has 0 spiro atoms. The number of hydrogen-bond donors (Lipinski definition) is 2. The Hall–Kier alpha value is -3.50. The van der Waals surface area contributed by atoms with Gasteiger partial charge in [0.25, 0.3) is 11.7 Å². The van der Waals surface area contributed by atoms with E-state index >= 15 is 0 Å². The van der Waals surface area contributed by atoms with Crippen LogP contribution in [-0.2, 0) is 4.79 Å². The molecule has 2 N–H and O–H groups in total. The van der Waals surface area contributed by atoms with Crippen molar-refractivity contribution < 1.29 is 29.2 Å². The molecule has 2 aromatic rings. The van der Waals surface area contributed by atoms with Gasteiger partial charge in [0.1, 0.15) is 5.56 Å². The highest BCUT2D eigenvalue weighted by Gasteiger charge is 2.38. The summed E-state index contributed by atoms with van der Waals surface area (Å²) in [6.07, 6.45) is 4.35. The van der Waals surface area contributed by atoms with Crippen molar-refractivity contribution in [1.29, 1.82) is 0 Å². The molecule has 154 valence electrons. The van der Waals surface area contributed by atoms with Crippen molar-refractivity contribution >= 4 is 17.4 Å². The summed E-state index contributed by atoms with van der Waals surface area (Å²) in [4.78, 5) is 41.6. The number of rotatable bonds is 5.